The Morgan fingerprint density at radius 2 is 2.05 bits per heavy atom. The predicted octanol–water partition coefficient (Wildman–Crippen LogP) is 3.81. The minimum Gasteiger partial charge on any atom is -0.399 e. The lowest BCUT2D eigenvalue weighted by Gasteiger charge is -2.34. The number of nitrogen functional groups attached to an aromatic ring is 1. The standard InChI is InChI=1S/C17H19ClN2/c1-11-6-13(18)8-15-16(11)9-20(2)10-17(15)12-4-3-5-14(19)7-12/h3-8,17H,9-10,19H2,1-2H3. The molecule has 1 heterocycles. The van der Waals surface area contributed by atoms with Crippen LogP contribution in [0.1, 0.15) is 28.2 Å². The van der Waals surface area contributed by atoms with Crippen molar-refractivity contribution in [1.29, 1.82) is 0 Å². The van der Waals surface area contributed by atoms with Crippen LogP contribution in [0.3, 0.4) is 0 Å². The lowest BCUT2D eigenvalue weighted by molar-refractivity contribution is 0.294. The van der Waals surface area contributed by atoms with E-state index >= 15 is 0 Å². The first-order chi connectivity index (χ1) is 9.54. The zero-order chi connectivity index (χ0) is 14.3. The molecule has 3 heteroatoms. The fraction of sp³-hybridized carbons (Fsp3) is 0.294. The van der Waals surface area contributed by atoms with Gasteiger partial charge in [-0.15, -0.1) is 0 Å². The number of aryl methyl sites for hydroxylation is 1. The SMILES string of the molecule is Cc1cc(Cl)cc2c1CN(C)CC2c1cccc(N)c1. The Bertz CT molecular complexity index is 651. The second-order valence-electron chi connectivity index (χ2n) is 5.71. The lowest BCUT2D eigenvalue weighted by Crippen LogP contribution is -2.31. The highest BCUT2D eigenvalue weighted by Crippen LogP contribution is 2.36. The van der Waals surface area contributed by atoms with Crippen LogP contribution < -0.4 is 5.73 Å². The van der Waals surface area contributed by atoms with Gasteiger partial charge in [-0.05, 0) is 60.5 Å². The molecule has 1 atom stereocenters. The predicted molar refractivity (Wildman–Crippen MR) is 85.2 cm³/mol. The van der Waals surface area contributed by atoms with E-state index in [1.807, 2.05) is 12.1 Å². The second kappa shape index (κ2) is 5.12. The number of fused-ring (bicyclic) bond motifs is 1. The molecule has 0 bridgehead atoms. The number of anilines is 1. The first kappa shape index (κ1) is 13.5. The van der Waals surface area contributed by atoms with Gasteiger partial charge in [-0.3, -0.25) is 0 Å². The summed E-state index contributed by atoms with van der Waals surface area (Å²) in [6.45, 7) is 4.12. The van der Waals surface area contributed by atoms with Gasteiger partial charge in [0.1, 0.15) is 0 Å². The maximum Gasteiger partial charge on any atom is 0.0411 e. The van der Waals surface area contributed by atoms with Crippen LogP contribution in [0.5, 0.6) is 0 Å². The van der Waals surface area contributed by atoms with Crippen molar-refractivity contribution in [3.8, 4) is 0 Å². The van der Waals surface area contributed by atoms with E-state index in [0.29, 0.717) is 5.92 Å². The molecule has 0 amide bonds. The molecule has 1 aliphatic rings. The summed E-state index contributed by atoms with van der Waals surface area (Å²) < 4.78 is 0. The highest BCUT2D eigenvalue weighted by molar-refractivity contribution is 6.30. The van der Waals surface area contributed by atoms with E-state index in [1.54, 1.807) is 0 Å². The number of hydrogen-bond acceptors (Lipinski definition) is 2. The van der Waals surface area contributed by atoms with E-state index in [1.165, 1.54) is 22.3 Å². The highest BCUT2D eigenvalue weighted by Gasteiger charge is 2.26. The van der Waals surface area contributed by atoms with Gasteiger partial charge in [-0.25, -0.2) is 0 Å². The molecule has 0 spiro atoms. The molecule has 0 saturated heterocycles. The van der Waals surface area contributed by atoms with Crippen LogP contribution in [0, 0.1) is 6.92 Å². The quantitative estimate of drug-likeness (QED) is 0.808. The number of hydrogen-bond donors (Lipinski definition) is 1. The van der Waals surface area contributed by atoms with Crippen molar-refractivity contribution < 1.29 is 0 Å². The van der Waals surface area contributed by atoms with E-state index < -0.39 is 0 Å². The van der Waals surface area contributed by atoms with E-state index in [2.05, 4.69) is 43.1 Å². The van der Waals surface area contributed by atoms with E-state index in [0.717, 1.165) is 23.8 Å². The summed E-state index contributed by atoms with van der Waals surface area (Å²) in [6, 6.07) is 12.3. The lowest BCUT2D eigenvalue weighted by atomic mass is 9.83. The molecule has 2 N–H and O–H groups in total. The van der Waals surface area contributed by atoms with Crippen molar-refractivity contribution in [2.75, 3.05) is 19.3 Å². The molecule has 0 radical (unpaired) electrons. The summed E-state index contributed by atoms with van der Waals surface area (Å²) in [7, 11) is 2.16. The third kappa shape index (κ3) is 2.41. The zero-order valence-corrected chi connectivity index (χ0v) is 12.6. The molecule has 104 valence electrons. The van der Waals surface area contributed by atoms with E-state index in [9.17, 15) is 0 Å². The van der Waals surface area contributed by atoms with E-state index in [-0.39, 0.29) is 0 Å². The number of nitrogens with two attached hydrogens (primary N) is 1. The van der Waals surface area contributed by atoms with Crippen LogP contribution in [0.25, 0.3) is 0 Å². The van der Waals surface area contributed by atoms with Crippen LogP contribution in [0.2, 0.25) is 5.02 Å². The molecular formula is C17H19ClN2. The fourth-order valence-electron chi connectivity index (χ4n) is 3.13. The van der Waals surface area contributed by atoms with Crippen LogP contribution in [-0.4, -0.2) is 18.5 Å². The van der Waals surface area contributed by atoms with Gasteiger partial charge < -0.3 is 10.6 Å². The van der Waals surface area contributed by atoms with Crippen molar-refractivity contribution in [2.45, 2.75) is 19.4 Å². The Labute approximate surface area is 125 Å². The minimum absolute atomic E-state index is 0.338. The van der Waals surface area contributed by atoms with Gasteiger partial charge in [0.05, 0.1) is 0 Å². The topological polar surface area (TPSA) is 29.3 Å². The number of nitrogens with zero attached hydrogens (tertiary/aromatic N) is 1. The minimum atomic E-state index is 0.338. The molecule has 0 saturated carbocycles. The van der Waals surface area contributed by atoms with Gasteiger partial charge in [0.15, 0.2) is 0 Å². The van der Waals surface area contributed by atoms with Crippen LogP contribution in [0.15, 0.2) is 36.4 Å². The van der Waals surface area contributed by atoms with Crippen LogP contribution in [0.4, 0.5) is 5.69 Å². The molecular weight excluding hydrogens is 268 g/mol. The number of rotatable bonds is 1. The molecule has 0 aromatic heterocycles. The van der Waals surface area contributed by atoms with Crippen LogP contribution >= 0.6 is 11.6 Å². The summed E-state index contributed by atoms with van der Waals surface area (Å²) in [4.78, 5) is 2.36. The summed E-state index contributed by atoms with van der Waals surface area (Å²) in [5.41, 5.74) is 12.0. The molecule has 1 unspecified atom stereocenters. The van der Waals surface area contributed by atoms with E-state index in [4.69, 9.17) is 17.3 Å². The molecule has 0 aliphatic carbocycles. The van der Waals surface area contributed by atoms with Gasteiger partial charge in [-0.1, -0.05) is 23.7 Å². The summed E-state index contributed by atoms with van der Waals surface area (Å²) in [5.74, 6) is 0.338. The Morgan fingerprint density at radius 1 is 1.25 bits per heavy atom. The van der Waals surface area contributed by atoms with Gasteiger partial charge >= 0.3 is 0 Å². The zero-order valence-electron chi connectivity index (χ0n) is 11.9. The fourth-order valence-corrected chi connectivity index (χ4v) is 3.41. The van der Waals surface area contributed by atoms with Gasteiger partial charge in [0.2, 0.25) is 0 Å². The molecule has 2 nitrogen and oxygen atoms in total. The van der Waals surface area contributed by atoms with Crippen molar-refractivity contribution in [1.82, 2.24) is 4.90 Å². The molecule has 1 aliphatic heterocycles. The first-order valence-corrected chi connectivity index (χ1v) is 7.25. The molecule has 3 rings (SSSR count). The first-order valence-electron chi connectivity index (χ1n) is 6.87. The third-order valence-corrected chi connectivity index (χ3v) is 4.30. The van der Waals surface area contributed by atoms with Gasteiger partial charge in [0, 0.05) is 29.7 Å². The van der Waals surface area contributed by atoms with Crippen LogP contribution in [-0.2, 0) is 6.54 Å². The average molecular weight is 287 g/mol. The normalized spacial score (nSPS) is 18.9. The van der Waals surface area contributed by atoms with Gasteiger partial charge in [-0.2, -0.15) is 0 Å². The Hall–Kier alpha value is -1.51. The number of benzene rings is 2. The Balaban J connectivity index is 2.15. The Kier molecular flexibility index (Phi) is 3.45. The highest BCUT2D eigenvalue weighted by atomic mass is 35.5. The summed E-state index contributed by atoms with van der Waals surface area (Å²) >= 11 is 6.26. The maximum atomic E-state index is 6.26. The smallest absolute Gasteiger partial charge is 0.0411 e. The van der Waals surface area contributed by atoms with Gasteiger partial charge in [0.25, 0.3) is 0 Å². The summed E-state index contributed by atoms with van der Waals surface area (Å²) in [6.07, 6.45) is 0. The monoisotopic (exact) mass is 286 g/mol. The maximum absolute atomic E-state index is 6.26. The third-order valence-electron chi connectivity index (χ3n) is 4.08. The molecule has 20 heavy (non-hydrogen) atoms. The largest absolute Gasteiger partial charge is 0.399 e. The number of likely N-dealkylation sites (N-methyl/N-ethyl adjacent to an activating group) is 1. The number of halogens is 1. The average Bonchev–Trinajstić information content (AvgIpc) is 2.39. The van der Waals surface area contributed by atoms with Crippen molar-refractivity contribution in [3.63, 3.8) is 0 Å². The van der Waals surface area contributed by atoms with Crippen molar-refractivity contribution >= 4 is 17.3 Å². The Morgan fingerprint density at radius 3 is 2.80 bits per heavy atom. The molecule has 0 fully saturated rings. The van der Waals surface area contributed by atoms with Crippen molar-refractivity contribution in [3.05, 3.63) is 63.7 Å². The summed E-state index contributed by atoms with van der Waals surface area (Å²) in [5, 5.41) is 0.819. The molecule has 2 aromatic rings. The second-order valence-corrected chi connectivity index (χ2v) is 6.15. The molecule has 2 aromatic carbocycles. The van der Waals surface area contributed by atoms with Crippen molar-refractivity contribution in [2.24, 2.45) is 0 Å².